The summed E-state index contributed by atoms with van der Waals surface area (Å²) in [5.74, 6) is 1.26. The molecule has 4 nitrogen and oxygen atoms in total. The van der Waals surface area contributed by atoms with Crippen LogP contribution < -0.4 is 5.43 Å². The molecule has 0 aliphatic carbocycles. The molecule has 7 heteroatoms. The molecule has 1 N–H and O–H groups in total. The molecule has 0 saturated heterocycles. The van der Waals surface area contributed by atoms with Crippen molar-refractivity contribution < 1.29 is 0 Å². The molecule has 0 amide bonds. The summed E-state index contributed by atoms with van der Waals surface area (Å²) in [6.45, 7) is 3.81. The molecule has 0 aliphatic heterocycles. The molecule has 1 aromatic heterocycles. The van der Waals surface area contributed by atoms with Crippen molar-refractivity contribution in [2.75, 3.05) is 5.43 Å². The van der Waals surface area contributed by atoms with Crippen LogP contribution in [0.1, 0.15) is 18.2 Å². The van der Waals surface area contributed by atoms with E-state index in [0.29, 0.717) is 21.7 Å². The average molecular weight is 450 g/mol. The summed E-state index contributed by atoms with van der Waals surface area (Å²) in [6, 6.07) is 15.1. The summed E-state index contributed by atoms with van der Waals surface area (Å²) in [6.07, 6.45) is 0. The fraction of sp³-hybridized carbons (Fsp3) is 0.105. The number of nitrogens with one attached hydrogen (secondary N) is 1. The zero-order valence-corrected chi connectivity index (χ0v) is 17.2. The number of rotatable bonds is 4. The minimum Gasteiger partial charge on any atom is -0.261 e. The number of hydrogen-bond donors (Lipinski definition) is 1. The molecule has 0 spiro atoms. The first-order valence-electron chi connectivity index (χ1n) is 7.80. The van der Waals surface area contributed by atoms with Crippen molar-refractivity contribution in [3.8, 4) is 11.4 Å². The van der Waals surface area contributed by atoms with Crippen molar-refractivity contribution in [1.82, 2.24) is 9.97 Å². The molecule has 0 fully saturated rings. The maximum atomic E-state index is 6.06. The monoisotopic (exact) mass is 448 g/mol. The van der Waals surface area contributed by atoms with Gasteiger partial charge in [0.05, 0.1) is 15.8 Å². The highest BCUT2D eigenvalue weighted by molar-refractivity contribution is 9.10. The fourth-order valence-electron chi connectivity index (χ4n) is 2.28. The Bertz CT molecular complexity index is 972. The second-order valence-electron chi connectivity index (χ2n) is 5.66. The number of nitrogens with zero attached hydrogens (tertiary/aromatic N) is 3. The lowest BCUT2D eigenvalue weighted by Gasteiger charge is -2.07. The largest absolute Gasteiger partial charge is 0.261 e. The maximum absolute atomic E-state index is 6.06. The average Bonchev–Trinajstić information content (AvgIpc) is 2.62. The number of aromatic nitrogens is 2. The predicted octanol–water partition coefficient (Wildman–Crippen LogP) is 6.36. The predicted molar refractivity (Wildman–Crippen MR) is 112 cm³/mol. The first kappa shape index (κ1) is 18.8. The van der Waals surface area contributed by atoms with Crippen LogP contribution in [0.2, 0.25) is 10.0 Å². The number of benzene rings is 2. The van der Waals surface area contributed by atoms with Gasteiger partial charge in [0.1, 0.15) is 0 Å². The molecule has 0 radical (unpaired) electrons. The Morgan fingerprint density at radius 2 is 1.73 bits per heavy atom. The second kappa shape index (κ2) is 8.16. The van der Waals surface area contributed by atoms with E-state index >= 15 is 0 Å². The Labute approximate surface area is 170 Å². The smallest absolute Gasteiger partial charge is 0.161 e. The van der Waals surface area contributed by atoms with Gasteiger partial charge in [0.2, 0.25) is 0 Å². The summed E-state index contributed by atoms with van der Waals surface area (Å²) in [4.78, 5) is 9.03. The first-order chi connectivity index (χ1) is 12.4. The van der Waals surface area contributed by atoms with Gasteiger partial charge in [-0.05, 0) is 43.7 Å². The van der Waals surface area contributed by atoms with Gasteiger partial charge in [-0.2, -0.15) is 5.10 Å². The van der Waals surface area contributed by atoms with Crippen LogP contribution in [0.15, 0.2) is 58.1 Å². The molecule has 1 heterocycles. The van der Waals surface area contributed by atoms with Gasteiger partial charge in [-0.1, -0.05) is 57.3 Å². The minimum absolute atomic E-state index is 0.495. The Balaban J connectivity index is 1.85. The van der Waals surface area contributed by atoms with Gasteiger partial charge in [-0.3, -0.25) is 5.43 Å². The van der Waals surface area contributed by atoms with Crippen molar-refractivity contribution in [3.05, 3.63) is 74.3 Å². The third-order valence-corrected chi connectivity index (χ3v) is 4.90. The number of halogens is 3. The molecule has 0 saturated carbocycles. The van der Waals surface area contributed by atoms with Crippen LogP contribution in [0.5, 0.6) is 0 Å². The van der Waals surface area contributed by atoms with E-state index in [0.717, 1.165) is 27.0 Å². The van der Waals surface area contributed by atoms with E-state index in [9.17, 15) is 0 Å². The van der Waals surface area contributed by atoms with E-state index in [1.54, 1.807) is 12.1 Å². The van der Waals surface area contributed by atoms with Crippen LogP contribution in [0.3, 0.4) is 0 Å². The van der Waals surface area contributed by atoms with Crippen LogP contribution in [-0.2, 0) is 0 Å². The molecule has 0 aliphatic rings. The van der Waals surface area contributed by atoms with Gasteiger partial charge < -0.3 is 0 Å². The first-order valence-corrected chi connectivity index (χ1v) is 9.34. The van der Waals surface area contributed by atoms with E-state index in [4.69, 9.17) is 23.2 Å². The number of hydrogen-bond acceptors (Lipinski definition) is 4. The van der Waals surface area contributed by atoms with E-state index in [-0.39, 0.29) is 0 Å². The molecule has 0 unspecified atom stereocenters. The molecule has 0 atom stereocenters. The number of aryl methyl sites for hydroxylation is 1. The fourth-order valence-corrected chi connectivity index (χ4v) is 2.84. The molecule has 2 aromatic carbocycles. The lowest BCUT2D eigenvalue weighted by atomic mass is 10.1. The SMILES string of the molecule is CC(=NNc1cc(C)nc(-c2ccc(Br)cc2)n1)c1ccc(Cl)c(Cl)c1. The Kier molecular flexibility index (Phi) is 5.91. The van der Waals surface area contributed by atoms with Crippen molar-refractivity contribution >= 4 is 50.7 Å². The summed E-state index contributed by atoms with van der Waals surface area (Å²) in [5, 5.41) is 5.40. The zero-order chi connectivity index (χ0) is 18.7. The van der Waals surface area contributed by atoms with E-state index in [1.807, 2.05) is 50.2 Å². The van der Waals surface area contributed by atoms with Crippen molar-refractivity contribution in [2.45, 2.75) is 13.8 Å². The van der Waals surface area contributed by atoms with Gasteiger partial charge >= 0.3 is 0 Å². The molecule has 3 aromatic rings. The van der Waals surface area contributed by atoms with Crippen LogP contribution in [-0.4, -0.2) is 15.7 Å². The highest BCUT2D eigenvalue weighted by Crippen LogP contribution is 2.23. The molecule has 132 valence electrons. The zero-order valence-electron chi connectivity index (χ0n) is 14.1. The second-order valence-corrected chi connectivity index (χ2v) is 7.39. The lowest BCUT2D eigenvalue weighted by molar-refractivity contribution is 1.09. The Hall–Kier alpha value is -1.95. The van der Waals surface area contributed by atoms with Crippen LogP contribution in [0.4, 0.5) is 5.82 Å². The molecular formula is C19H15BrCl2N4. The summed E-state index contributed by atoms with van der Waals surface area (Å²) >= 11 is 15.4. The summed E-state index contributed by atoms with van der Waals surface area (Å²) in [5.41, 5.74) is 6.42. The molecule has 26 heavy (non-hydrogen) atoms. The lowest BCUT2D eigenvalue weighted by Crippen LogP contribution is -2.03. The normalized spacial score (nSPS) is 11.5. The van der Waals surface area contributed by atoms with Gasteiger partial charge in [0.15, 0.2) is 11.6 Å². The topological polar surface area (TPSA) is 50.2 Å². The van der Waals surface area contributed by atoms with Crippen LogP contribution in [0.25, 0.3) is 11.4 Å². The van der Waals surface area contributed by atoms with Gasteiger partial charge in [0.25, 0.3) is 0 Å². The van der Waals surface area contributed by atoms with E-state index in [1.165, 1.54) is 0 Å². The van der Waals surface area contributed by atoms with Crippen molar-refractivity contribution in [3.63, 3.8) is 0 Å². The highest BCUT2D eigenvalue weighted by atomic mass is 79.9. The molecular weight excluding hydrogens is 435 g/mol. The van der Waals surface area contributed by atoms with Crippen molar-refractivity contribution in [1.29, 1.82) is 0 Å². The standard InChI is InChI=1S/C19H15BrCl2N4/c1-11-9-18(24-19(23-11)13-3-6-15(20)7-4-13)26-25-12(2)14-5-8-16(21)17(22)10-14/h3-10H,1-2H3,(H,23,24,26). The Morgan fingerprint density at radius 1 is 1.00 bits per heavy atom. The quantitative estimate of drug-likeness (QED) is 0.372. The maximum Gasteiger partial charge on any atom is 0.161 e. The van der Waals surface area contributed by atoms with Gasteiger partial charge in [-0.15, -0.1) is 0 Å². The highest BCUT2D eigenvalue weighted by Gasteiger charge is 2.06. The molecule has 3 rings (SSSR count). The van der Waals surface area contributed by atoms with Gasteiger partial charge in [-0.25, -0.2) is 9.97 Å². The van der Waals surface area contributed by atoms with Crippen molar-refractivity contribution in [2.24, 2.45) is 5.10 Å². The van der Waals surface area contributed by atoms with E-state index < -0.39 is 0 Å². The Morgan fingerprint density at radius 3 is 2.42 bits per heavy atom. The summed E-state index contributed by atoms with van der Waals surface area (Å²) < 4.78 is 1.01. The number of hydrazone groups is 1. The number of anilines is 1. The minimum atomic E-state index is 0.495. The molecule has 0 bridgehead atoms. The third kappa shape index (κ3) is 4.61. The van der Waals surface area contributed by atoms with Crippen LogP contribution in [0, 0.1) is 6.92 Å². The van der Waals surface area contributed by atoms with E-state index in [2.05, 4.69) is 36.4 Å². The van der Waals surface area contributed by atoms with Gasteiger partial charge in [0, 0.05) is 21.8 Å². The summed E-state index contributed by atoms with van der Waals surface area (Å²) in [7, 11) is 0. The third-order valence-electron chi connectivity index (χ3n) is 3.63. The van der Waals surface area contributed by atoms with Crippen LogP contribution >= 0.6 is 39.1 Å².